The fraction of sp³-hybridized carbons (Fsp3) is 0.417. The number of rotatable bonds is 2. The van der Waals surface area contributed by atoms with Gasteiger partial charge in [-0.1, -0.05) is 6.92 Å². The highest BCUT2D eigenvalue weighted by atomic mass is 79.9. The van der Waals surface area contributed by atoms with Gasteiger partial charge in [-0.05, 0) is 40.9 Å². The normalized spacial score (nSPS) is 19.9. The van der Waals surface area contributed by atoms with E-state index in [2.05, 4.69) is 26.2 Å². The first-order valence-corrected chi connectivity index (χ1v) is 6.55. The highest BCUT2D eigenvalue weighted by Crippen LogP contribution is 2.29. The summed E-state index contributed by atoms with van der Waals surface area (Å²) in [6.45, 7) is 4.01. The van der Waals surface area contributed by atoms with Gasteiger partial charge in [0.15, 0.2) is 0 Å². The van der Waals surface area contributed by atoms with Crippen molar-refractivity contribution in [3.8, 4) is 0 Å². The van der Waals surface area contributed by atoms with Gasteiger partial charge in [-0.2, -0.15) is 0 Å². The van der Waals surface area contributed by atoms with Crippen molar-refractivity contribution in [2.45, 2.75) is 26.3 Å². The molecule has 0 aliphatic carbocycles. The maximum atomic E-state index is 11.8. The Kier molecular flexibility index (Phi) is 3.65. The van der Waals surface area contributed by atoms with Gasteiger partial charge in [-0.3, -0.25) is 14.9 Å². The molecular formula is C12H14BrN3O2. The molecule has 5 nitrogen and oxygen atoms in total. The molecule has 1 saturated heterocycles. The Morgan fingerprint density at radius 2 is 2.28 bits per heavy atom. The molecule has 1 aliphatic heterocycles. The zero-order valence-corrected chi connectivity index (χ0v) is 11.8. The van der Waals surface area contributed by atoms with Crippen molar-refractivity contribution >= 4 is 33.6 Å². The summed E-state index contributed by atoms with van der Waals surface area (Å²) < 4.78 is 0.825. The lowest BCUT2D eigenvalue weighted by atomic mass is 10.1. The summed E-state index contributed by atoms with van der Waals surface area (Å²) in [4.78, 5) is 29.3. The molecule has 2 amide bonds. The summed E-state index contributed by atoms with van der Waals surface area (Å²) in [5.41, 5.74) is 1.02. The van der Waals surface area contributed by atoms with Crippen LogP contribution in [0, 0.1) is 6.92 Å². The Balaban J connectivity index is 2.43. The lowest BCUT2D eigenvalue weighted by Crippen LogP contribution is -2.58. The van der Waals surface area contributed by atoms with Gasteiger partial charge in [0.1, 0.15) is 11.9 Å². The topological polar surface area (TPSA) is 62.3 Å². The van der Waals surface area contributed by atoms with E-state index in [4.69, 9.17) is 0 Å². The summed E-state index contributed by atoms with van der Waals surface area (Å²) >= 11 is 3.47. The average Bonchev–Trinajstić information content (AvgIpc) is 2.32. The van der Waals surface area contributed by atoms with Crippen molar-refractivity contribution in [2.24, 2.45) is 0 Å². The standard InChI is InChI=1S/C12H14BrN3O2/c1-3-8-12(18)15-9(17)6-16(8)11-10(13)7(2)4-5-14-11/h4-5,8H,3,6H2,1-2H3,(H,15,17,18). The number of aryl methyl sites for hydroxylation is 1. The number of aromatic nitrogens is 1. The van der Waals surface area contributed by atoms with Crippen LogP contribution in [0.4, 0.5) is 5.82 Å². The predicted molar refractivity (Wildman–Crippen MR) is 71.2 cm³/mol. The molecule has 96 valence electrons. The molecule has 18 heavy (non-hydrogen) atoms. The Hall–Kier alpha value is -1.43. The summed E-state index contributed by atoms with van der Waals surface area (Å²) in [5.74, 6) is 0.0916. The molecular weight excluding hydrogens is 298 g/mol. The Labute approximate surface area is 114 Å². The van der Waals surface area contributed by atoms with Crippen molar-refractivity contribution in [2.75, 3.05) is 11.4 Å². The van der Waals surface area contributed by atoms with Gasteiger partial charge in [-0.25, -0.2) is 4.98 Å². The molecule has 1 unspecified atom stereocenters. The lowest BCUT2D eigenvalue weighted by Gasteiger charge is -2.34. The maximum absolute atomic E-state index is 11.8. The summed E-state index contributed by atoms with van der Waals surface area (Å²) in [5, 5.41) is 2.35. The van der Waals surface area contributed by atoms with E-state index in [1.54, 1.807) is 11.1 Å². The predicted octanol–water partition coefficient (Wildman–Crippen LogP) is 1.39. The second-order valence-electron chi connectivity index (χ2n) is 4.23. The minimum absolute atomic E-state index is 0.152. The minimum atomic E-state index is -0.353. The average molecular weight is 312 g/mol. The fourth-order valence-corrected chi connectivity index (χ4v) is 2.48. The van der Waals surface area contributed by atoms with Crippen LogP contribution in [0.3, 0.4) is 0 Å². The van der Waals surface area contributed by atoms with Crippen molar-refractivity contribution in [3.05, 3.63) is 22.3 Å². The fourth-order valence-electron chi connectivity index (χ4n) is 2.02. The van der Waals surface area contributed by atoms with Crippen molar-refractivity contribution in [1.82, 2.24) is 10.3 Å². The van der Waals surface area contributed by atoms with Gasteiger partial charge in [-0.15, -0.1) is 0 Å². The Morgan fingerprint density at radius 3 is 2.94 bits per heavy atom. The van der Waals surface area contributed by atoms with E-state index in [0.717, 1.165) is 10.0 Å². The van der Waals surface area contributed by atoms with Crippen molar-refractivity contribution in [1.29, 1.82) is 0 Å². The SMILES string of the molecule is CCC1C(=O)NC(=O)CN1c1nccc(C)c1Br. The molecule has 1 aromatic rings. The quantitative estimate of drug-likeness (QED) is 0.839. The van der Waals surface area contributed by atoms with Crippen LogP contribution in [-0.4, -0.2) is 29.4 Å². The first-order valence-electron chi connectivity index (χ1n) is 5.76. The van der Waals surface area contributed by atoms with Crippen molar-refractivity contribution < 1.29 is 9.59 Å². The first-order chi connectivity index (χ1) is 8.54. The third kappa shape index (κ3) is 2.25. The summed E-state index contributed by atoms with van der Waals surface area (Å²) in [7, 11) is 0. The van der Waals surface area contributed by atoms with Crippen LogP contribution >= 0.6 is 15.9 Å². The number of hydrogen-bond donors (Lipinski definition) is 1. The zero-order chi connectivity index (χ0) is 13.3. The second kappa shape index (κ2) is 5.06. The van der Waals surface area contributed by atoms with Crippen LogP contribution < -0.4 is 10.2 Å². The molecule has 0 spiro atoms. The van der Waals surface area contributed by atoms with Crippen LogP contribution in [0.2, 0.25) is 0 Å². The van der Waals surface area contributed by atoms with E-state index in [1.165, 1.54) is 0 Å². The molecule has 1 atom stereocenters. The van der Waals surface area contributed by atoms with Gasteiger partial charge >= 0.3 is 0 Å². The molecule has 0 radical (unpaired) electrons. The number of piperazine rings is 1. The van der Waals surface area contributed by atoms with E-state index in [9.17, 15) is 9.59 Å². The Morgan fingerprint density at radius 1 is 1.56 bits per heavy atom. The number of hydrogen-bond acceptors (Lipinski definition) is 4. The number of carbonyl (C=O) groups excluding carboxylic acids is 2. The molecule has 2 heterocycles. The number of amides is 2. The van der Waals surface area contributed by atoms with Crippen LogP contribution in [0.1, 0.15) is 18.9 Å². The number of pyridine rings is 1. The third-order valence-electron chi connectivity index (χ3n) is 2.98. The van der Waals surface area contributed by atoms with Crippen LogP contribution in [0.15, 0.2) is 16.7 Å². The highest BCUT2D eigenvalue weighted by molar-refractivity contribution is 9.10. The van der Waals surface area contributed by atoms with E-state index in [-0.39, 0.29) is 24.4 Å². The molecule has 0 aromatic carbocycles. The first kappa shape index (κ1) is 13.0. The second-order valence-corrected chi connectivity index (χ2v) is 5.02. The van der Waals surface area contributed by atoms with Crippen LogP contribution in [-0.2, 0) is 9.59 Å². The number of nitrogens with one attached hydrogen (secondary N) is 1. The Bertz CT molecular complexity index is 504. The van der Waals surface area contributed by atoms with Crippen molar-refractivity contribution in [3.63, 3.8) is 0 Å². The summed E-state index contributed by atoms with van der Waals surface area (Å²) in [6, 6.07) is 1.52. The van der Waals surface area contributed by atoms with E-state index < -0.39 is 0 Å². The molecule has 2 rings (SSSR count). The molecule has 1 aliphatic rings. The van der Waals surface area contributed by atoms with Crippen LogP contribution in [0.5, 0.6) is 0 Å². The minimum Gasteiger partial charge on any atom is -0.334 e. The molecule has 0 saturated carbocycles. The number of anilines is 1. The number of halogens is 1. The summed E-state index contributed by atoms with van der Waals surface area (Å²) in [6.07, 6.45) is 2.31. The molecule has 0 bridgehead atoms. The number of nitrogens with zero attached hydrogens (tertiary/aromatic N) is 2. The van der Waals surface area contributed by atoms with Gasteiger partial charge in [0.05, 0.1) is 11.0 Å². The molecule has 1 N–H and O–H groups in total. The van der Waals surface area contributed by atoms with E-state index >= 15 is 0 Å². The van der Waals surface area contributed by atoms with Gasteiger partial charge in [0.2, 0.25) is 11.8 Å². The largest absolute Gasteiger partial charge is 0.334 e. The van der Waals surface area contributed by atoms with Gasteiger partial charge in [0, 0.05) is 6.20 Å². The highest BCUT2D eigenvalue weighted by Gasteiger charge is 2.34. The van der Waals surface area contributed by atoms with E-state index in [1.807, 2.05) is 19.9 Å². The van der Waals surface area contributed by atoms with Crippen LogP contribution in [0.25, 0.3) is 0 Å². The maximum Gasteiger partial charge on any atom is 0.249 e. The van der Waals surface area contributed by atoms with Gasteiger partial charge < -0.3 is 4.90 Å². The lowest BCUT2D eigenvalue weighted by molar-refractivity contribution is -0.132. The number of carbonyl (C=O) groups is 2. The van der Waals surface area contributed by atoms with E-state index in [0.29, 0.717) is 12.2 Å². The van der Waals surface area contributed by atoms with Gasteiger partial charge in [0.25, 0.3) is 0 Å². The molecule has 1 fully saturated rings. The molecule has 1 aromatic heterocycles. The number of imide groups is 1. The monoisotopic (exact) mass is 311 g/mol. The molecule has 6 heteroatoms. The smallest absolute Gasteiger partial charge is 0.249 e. The third-order valence-corrected chi connectivity index (χ3v) is 3.96. The zero-order valence-electron chi connectivity index (χ0n) is 10.2.